The van der Waals surface area contributed by atoms with Crippen molar-refractivity contribution in [2.24, 2.45) is 4.99 Å². The van der Waals surface area contributed by atoms with E-state index in [2.05, 4.69) is 15.0 Å². The molecule has 0 bridgehead atoms. The number of amides is 1. The Labute approximate surface area is 149 Å². The van der Waals surface area contributed by atoms with Gasteiger partial charge in [-0.3, -0.25) is 14.5 Å². The van der Waals surface area contributed by atoms with Gasteiger partial charge in [0.1, 0.15) is 5.84 Å². The number of benzene rings is 1. The van der Waals surface area contributed by atoms with Crippen LogP contribution in [0.1, 0.15) is 18.9 Å². The van der Waals surface area contributed by atoms with E-state index in [0.29, 0.717) is 17.9 Å². The molecule has 1 aromatic rings. The van der Waals surface area contributed by atoms with Gasteiger partial charge >= 0.3 is 0 Å². The van der Waals surface area contributed by atoms with Crippen molar-refractivity contribution < 1.29 is 13.2 Å². The predicted molar refractivity (Wildman–Crippen MR) is 96.2 cm³/mol. The van der Waals surface area contributed by atoms with E-state index in [4.69, 9.17) is 0 Å². The first-order chi connectivity index (χ1) is 10.8. The van der Waals surface area contributed by atoms with Crippen molar-refractivity contribution in [3.8, 4) is 0 Å². The third-order valence-corrected chi connectivity index (χ3v) is 5.00. The van der Waals surface area contributed by atoms with E-state index < -0.39 is 10.0 Å². The van der Waals surface area contributed by atoms with Crippen molar-refractivity contribution in [1.29, 1.82) is 0 Å². The van der Waals surface area contributed by atoms with Crippen LogP contribution in [-0.4, -0.2) is 58.3 Å². The van der Waals surface area contributed by atoms with Crippen LogP contribution in [0.25, 0.3) is 0 Å². The van der Waals surface area contributed by atoms with Crippen molar-refractivity contribution in [3.05, 3.63) is 29.8 Å². The molecule has 24 heavy (non-hydrogen) atoms. The number of aliphatic imine (C=N–C) groups is 1. The van der Waals surface area contributed by atoms with Crippen molar-refractivity contribution in [2.75, 3.05) is 27.2 Å². The van der Waals surface area contributed by atoms with Crippen LogP contribution < -0.4 is 10.0 Å². The zero-order valence-corrected chi connectivity index (χ0v) is 15.6. The monoisotopic (exact) mass is 374 g/mol. The number of hydrogen-bond donors (Lipinski definition) is 2. The van der Waals surface area contributed by atoms with Crippen molar-refractivity contribution in [3.63, 3.8) is 0 Å². The molecule has 0 fully saturated rings. The first-order valence-corrected chi connectivity index (χ1v) is 8.92. The van der Waals surface area contributed by atoms with Gasteiger partial charge in [0.05, 0.1) is 10.9 Å². The summed E-state index contributed by atoms with van der Waals surface area (Å²) in [6, 6.07) is 6.37. The molecule has 1 atom stereocenters. The normalized spacial score (nSPS) is 17.5. The molecule has 2 N–H and O–H groups in total. The van der Waals surface area contributed by atoms with Crippen LogP contribution in [0.4, 0.5) is 0 Å². The number of carbonyl (C=O) groups is 1. The number of nitrogens with zero attached hydrogens (tertiary/aromatic N) is 2. The molecule has 1 aliphatic heterocycles. The van der Waals surface area contributed by atoms with Gasteiger partial charge in [-0.15, -0.1) is 12.4 Å². The maximum Gasteiger partial charge on any atom is 0.263 e. The zero-order chi connectivity index (χ0) is 17.0. The molecule has 134 valence electrons. The van der Waals surface area contributed by atoms with E-state index in [9.17, 15) is 13.2 Å². The quantitative estimate of drug-likeness (QED) is 0.763. The van der Waals surface area contributed by atoms with Gasteiger partial charge < -0.3 is 10.2 Å². The number of hydrogen-bond acceptors (Lipinski definition) is 5. The first kappa shape index (κ1) is 20.4. The lowest BCUT2D eigenvalue weighted by molar-refractivity contribution is -0.130. The Bertz CT molecular complexity index is 721. The number of likely N-dealkylation sites (N-methyl/N-ethyl adjacent to an activating group) is 2. The molecule has 0 radical (unpaired) electrons. The second-order valence-electron chi connectivity index (χ2n) is 5.55. The molecule has 1 amide bonds. The Balaban J connectivity index is 0.00000288. The second-order valence-corrected chi connectivity index (χ2v) is 7.20. The number of halogens is 1. The maximum absolute atomic E-state index is 12.1. The molecular weight excluding hydrogens is 352 g/mol. The Kier molecular flexibility index (Phi) is 7.19. The molecule has 7 nitrogen and oxygen atoms in total. The van der Waals surface area contributed by atoms with Crippen LogP contribution in [0.15, 0.2) is 34.2 Å². The van der Waals surface area contributed by atoms with Crippen LogP contribution in [-0.2, 0) is 14.8 Å². The lowest BCUT2D eigenvalue weighted by Gasteiger charge is -2.18. The molecular formula is C15H23ClN4O3S. The number of carbonyl (C=O) groups excluding carboxylic acids is 1. The first-order valence-electron chi connectivity index (χ1n) is 7.43. The summed E-state index contributed by atoms with van der Waals surface area (Å²) in [5.74, 6) is 0.282. The highest BCUT2D eigenvalue weighted by Gasteiger charge is 2.30. The standard InChI is InChI=1S/C15H22N4O3S.ClH/c1-11(10-14(20)19(3)9-8-16-2)17-15-12-6-4-5-7-13(12)23(21,22)18-15;/h4-7,11,16H,8-10H2,1-3H3,(H,17,18);1H. The fourth-order valence-electron chi connectivity index (χ4n) is 2.31. The fraction of sp³-hybridized carbons (Fsp3) is 0.467. The average molecular weight is 375 g/mol. The van der Waals surface area contributed by atoms with Crippen LogP contribution in [0.5, 0.6) is 0 Å². The van der Waals surface area contributed by atoms with Crippen LogP contribution in [0.2, 0.25) is 0 Å². The summed E-state index contributed by atoms with van der Waals surface area (Å²) >= 11 is 0. The molecule has 0 saturated heterocycles. The highest BCUT2D eigenvalue weighted by atomic mass is 35.5. The average Bonchev–Trinajstić information content (AvgIpc) is 2.76. The molecule has 0 saturated carbocycles. The van der Waals surface area contributed by atoms with Crippen LogP contribution >= 0.6 is 12.4 Å². The van der Waals surface area contributed by atoms with E-state index in [-0.39, 0.29) is 35.7 Å². The number of fused-ring (bicyclic) bond motifs is 1. The summed E-state index contributed by atoms with van der Waals surface area (Å²) in [6.45, 7) is 3.14. The SMILES string of the molecule is CNCCN(C)C(=O)CC(C)N=C1NS(=O)(=O)c2ccccc21.Cl. The largest absolute Gasteiger partial charge is 0.344 e. The topological polar surface area (TPSA) is 90.9 Å². The smallest absolute Gasteiger partial charge is 0.263 e. The zero-order valence-electron chi connectivity index (χ0n) is 13.9. The van der Waals surface area contributed by atoms with Crippen molar-refractivity contribution >= 4 is 34.2 Å². The van der Waals surface area contributed by atoms with Crippen LogP contribution in [0, 0.1) is 0 Å². The van der Waals surface area contributed by atoms with E-state index in [0.717, 1.165) is 6.54 Å². The van der Waals surface area contributed by atoms with Gasteiger partial charge in [-0.1, -0.05) is 12.1 Å². The highest BCUT2D eigenvalue weighted by molar-refractivity contribution is 7.90. The summed E-state index contributed by atoms with van der Waals surface area (Å²) in [7, 11) is 0.0315. The minimum atomic E-state index is -3.54. The second kappa shape index (κ2) is 8.46. The van der Waals surface area contributed by atoms with Gasteiger partial charge in [0.2, 0.25) is 5.91 Å². The minimum Gasteiger partial charge on any atom is -0.344 e. The maximum atomic E-state index is 12.1. The summed E-state index contributed by atoms with van der Waals surface area (Å²) < 4.78 is 26.5. The Morgan fingerprint density at radius 3 is 2.71 bits per heavy atom. The minimum absolute atomic E-state index is 0. The molecule has 9 heteroatoms. The van der Waals surface area contributed by atoms with E-state index in [1.165, 1.54) is 0 Å². The molecule has 1 unspecified atom stereocenters. The summed E-state index contributed by atoms with van der Waals surface area (Å²) in [6.07, 6.45) is 0.230. The molecule has 1 aromatic carbocycles. The van der Waals surface area contributed by atoms with E-state index in [1.54, 1.807) is 43.1 Å². The number of nitrogens with one attached hydrogen (secondary N) is 2. The Hall–Kier alpha value is -1.64. The Morgan fingerprint density at radius 1 is 1.38 bits per heavy atom. The number of sulfonamides is 1. The van der Waals surface area contributed by atoms with Gasteiger partial charge in [0.25, 0.3) is 10.0 Å². The van der Waals surface area contributed by atoms with E-state index in [1.807, 2.05) is 7.05 Å². The molecule has 0 aromatic heterocycles. The van der Waals surface area contributed by atoms with E-state index >= 15 is 0 Å². The summed E-state index contributed by atoms with van der Waals surface area (Å²) in [5.41, 5.74) is 0.551. The van der Waals surface area contributed by atoms with Crippen molar-refractivity contribution in [2.45, 2.75) is 24.3 Å². The number of rotatable bonds is 6. The van der Waals surface area contributed by atoms with Gasteiger partial charge in [0.15, 0.2) is 0 Å². The van der Waals surface area contributed by atoms with Crippen LogP contribution in [0.3, 0.4) is 0 Å². The molecule has 0 spiro atoms. The lowest BCUT2D eigenvalue weighted by atomic mass is 10.2. The highest BCUT2D eigenvalue weighted by Crippen LogP contribution is 2.22. The van der Waals surface area contributed by atoms with Gasteiger partial charge in [-0.05, 0) is 26.1 Å². The predicted octanol–water partition coefficient (Wildman–Crippen LogP) is 0.603. The number of amidine groups is 1. The molecule has 1 aliphatic rings. The summed E-state index contributed by atoms with van der Waals surface area (Å²) in [5, 5.41) is 2.99. The van der Waals surface area contributed by atoms with Crippen molar-refractivity contribution in [1.82, 2.24) is 14.9 Å². The fourth-order valence-corrected chi connectivity index (χ4v) is 3.55. The lowest BCUT2D eigenvalue weighted by Crippen LogP contribution is -2.34. The molecule has 2 rings (SSSR count). The van der Waals surface area contributed by atoms with Gasteiger partial charge in [-0.2, -0.15) is 0 Å². The molecule has 0 aliphatic carbocycles. The van der Waals surface area contributed by atoms with Gasteiger partial charge in [0, 0.05) is 32.1 Å². The summed E-state index contributed by atoms with van der Waals surface area (Å²) in [4.78, 5) is 18.3. The third kappa shape index (κ3) is 4.68. The van der Waals surface area contributed by atoms with Gasteiger partial charge in [-0.25, -0.2) is 8.42 Å². The third-order valence-electron chi connectivity index (χ3n) is 3.61. The Morgan fingerprint density at radius 2 is 2.04 bits per heavy atom. The molecule has 1 heterocycles.